The van der Waals surface area contributed by atoms with Crippen LogP contribution in [0.1, 0.15) is 31.9 Å². The molecule has 198 valence electrons. The van der Waals surface area contributed by atoms with Crippen molar-refractivity contribution < 1.29 is 33.0 Å². The van der Waals surface area contributed by atoms with E-state index in [-0.39, 0.29) is 18.5 Å². The molecule has 1 aromatic carbocycles. The van der Waals surface area contributed by atoms with Gasteiger partial charge in [-0.3, -0.25) is 9.58 Å². The number of alkyl halides is 3. The number of aliphatic carboxylic acids is 1. The number of anilines is 1. The number of halogens is 3. The van der Waals surface area contributed by atoms with Crippen LogP contribution in [-0.2, 0) is 4.79 Å². The SMILES string of the molecule is CC(C)N(C(=O)O)c1cccc(C(CC#N)n2cc(-c3ncnc4[nH]ccc34)cn2)c1.O=C(O)C(F)(F)F. The Morgan fingerprint density at radius 2 is 1.92 bits per heavy atom. The first-order valence-corrected chi connectivity index (χ1v) is 11.1. The molecule has 1 atom stereocenters. The zero-order chi connectivity index (χ0) is 28.0. The van der Waals surface area contributed by atoms with Gasteiger partial charge in [-0.25, -0.2) is 19.6 Å². The number of hydrogen-bond acceptors (Lipinski definition) is 6. The highest BCUT2D eigenvalue weighted by atomic mass is 19.4. The number of nitriles is 1. The molecule has 3 N–H and O–H groups in total. The Balaban J connectivity index is 0.000000505. The van der Waals surface area contributed by atoms with Crippen molar-refractivity contribution >= 4 is 28.8 Å². The van der Waals surface area contributed by atoms with Crippen LogP contribution >= 0.6 is 0 Å². The van der Waals surface area contributed by atoms with Crippen molar-refractivity contribution in [3.05, 3.63) is 60.8 Å². The van der Waals surface area contributed by atoms with Gasteiger partial charge in [0.2, 0.25) is 0 Å². The van der Waals surface area contributed by atoms with Crippen LogP contribution in [0.3, 0.4) is 0 Å². The average Bonchev–Trinajstić information content (AvgIpc) is 3.52. The molecule has 1 unspecified atom stereocenters. The number of amides is 1. The zero-order valence-electron chi connectivity index (χ0n) is 20.1. The van der Waals surface area contributed by atoms with Crippen LogP contribution in [0, 0.1) is 11.3 Å². The predicted octanol–water partition coefficient (Wildman–Crippen LogP) is 4.85. The van der Waals surface area contributed by atoms with Crippen molar-refractivity contribution in [1.29, 1.82) is 5.26 Å². The molecule has 4 aromatic rings. The summed E-state index contributed by atoms with van der Waals surface area (Å²) in [5.74, 6) is -2.76. The molecule has 0 aliphatic heterocycles. The summed E-state index contributed by atoms with van der Waals surface area (Å²) >= 11 is 0. The second-order valence-electron chi connectivity index (χ2n) is 8.19. The van der Waals surface area contributed by atoms with E-state index < -0.39 is 18.2 Å². The number of nitrogens with zero attached hydrogens (tertiary/aromatic N) is 6. The minimum atomic E-state index is -5.08. The molecular formula is C24H22F3N7O4. The lowest BCUT2D eigenvalue weighted by Gasteiger charge is -2.25. The van der Waals surface area contributed by atoms with Gasteiger partial charge in [0.25, 0.3) is 0 Å². The number of nitrogens with one attached hydrogen (secondary N) is 1. The Hall–Kier alpha value is -4.93. The Morgan fingerprint density at radius 1 is 1.21 bits per heavy atom. The maximum Gasteiger partial charge on any atom is 0.490 e. The van der Waals surface area contributed by atoms with Crippen molar-refractivity contribution in [3.63, 3.8) is 0 Å². The molecule has 3 heterocycles. The molecule has 0 fully saturated rings. The van der Waals surface area contributed by atoms with E-state index >= 15 is 0 Å². The third-order valence-corrected chi connectivity index (χ3v) is 5.33. The second-order valence-corrected chi connectivity index (χ2v) is 8.19. The zero-order valence-corrected chi connectivity index (χ0v) is 20.1. The van der Waals surface area contributed by atoms with E-state index in [1.807, 2.05) is 32.2 Å². The van der Waals surface area contributed by atoms with Gasteiger partial charge in [0.05, 0.1) is 30.4 Å². The number of aromatic nitrogens is 5. The monoisotopic (exact) mass is 529 g/mol. The molecule has 4 rings (SSSR count). The topological polar surface area (TPSA) is 161 Å². The first kappa shape index (κ1) is 27.7. The molecule has 14 heteroatoms. The summed E-state index contributed by atoms with van der Waals surface area (Å²) in [6, 6.07) is 10.7. The van der Waals surface area contributed by atoms with E-state index in [9.17, 15) is 28.3 Å². The summed E-state index contributed by atoms with van der Waals surface area (Å²) < 4.78 is 33.5. The fraction of sp³-hybridized carbons (Fsp3) is 0.250. The molecule has 3 aromatic heterocycles. The minimum absolute atomic E-state index is 0.183. The van der Waals surface area contributed by atoms with Gasteiger partial charge in [0.1, 0.15) is 12.0 Å². The maximum atomic E-state index is 11.7. The van der Waals surface area contributed by atoms with Crippen molar-refractivity contribution in [2.75, 3.05) is 4.90 Å². The standard InChI is InChI=1S/C22H21N7O2.C2HF3O2/c1-14(2)29(22(30)31)17-5-3-4-15(10-17)19(6-8-23)28-12-16(11-27-28)20-18-7-9-24-21(18)26-13-25-20;3-2(4,5)1(6)7/h3-5,7,9-14,19H,6H2,1-2H3,(H,30,31)(H,24,25,26);(H,6,7). The molecule has 0 radical (unpaired) electrons. The second kappa shape index (κ2) is 11.4. The summed E-state index contributed by atoms with van der Waals surface area (Å²) in [7, 11) is 0. The number of hydrogen-bond donors (Lipinski definition) is 3. The lowest BCUT2D eigenvalue weighted by molar-refractivity contribution is -0.192. The van der Waals surface area contributed by atoms with E-state index in [2.05, 4.69) is 26.1 Å². The Kier molecular flexibility index (Phi) is 8.31. The molecule has 0 aliphatic carbocycles. The smallest absolute Gasteiger partial charge is 0.475 e. The van der Waals surface area contributed by atoms with Crippen LogP contribution in [0.25, 0.3) is 22.3 Å². The largest absolute Gasteiger partial charge is 0.490 e. The molecule has 0 bridgehead atoms. The third-order valence-electron chi connectivity index (χ3n) is 5.33. The van der Waals surface area contributed by atoms with E-state index in [1.165, 1.54) is 11.2 Å². The number of carboxylic acids is 1. The summed E-state index contributed by atoms with van der Waals surface area (Å²) in [6.45, 7) is 3.63. The number of carboxylic acid groups (broad SMARTS) is 2. The van der Waals surface area contributed by atoms with Crippen LogP contribution < -0.4 is 4.90 Å². The molecule has 0 saturated carbocycles. The quantitative estimate of drug-likeness (QED) is 0.319. The molecule has 0 spiro atoms. The van der Waals surface area contributed by atoms with Crippen LogP contribution in [0.5, 0.6) is 0 Å². The molecule has 0 aliphatic rings. The van der Waals surface area contributed by atoms with E-state index in [4.69, 9.17) is 9.90 Å². The summed E-state index contributed by atoms with van der Waals surface area (Å²) in [6.07, 6.45) is 0.933. The fourth-order valence-electron chi connectivity index (χ4n) is 3.70. The Labute approximate surface area is 213 Å². The number of benzene rings is 1. The highest BCUT2D eigenvalue weighted by Crippen LogP contribution is 2.30. The highest BCUT2D eigenvalue weighted by Gasteiger charge is 2.38. The van der Waals surface area contributed by atoms with Crippen LogP contribution in [0.15, 0.2) is 55.2 Å². The number of fused-ring (bicyclic) bond motifs is 1. The van der Waals surface area contributed by atoms with E-state index in [0.29, 0.717) is 5.69 Å². The van der Waals surface area contributed by atoms with Gasteiger partial charge in [-0.1, -0.05) is 12.1 Å². The summed E-state index contributed by atoms with van der Waals surface area (Å²) in [4.78, 5) is 33.6. The van der Waals surface area contributed by atoms with Gasteiger partial charge in [0.15, 0.2) is 0 Å². The lowest BCUT2D eigenvalue weighted by atomic mass is 10.0. The molecule has 38 heavy (non-hydrogen) atoms. The van der Waals surface area contributed by atoms with Crippen molar-refractivity contribution in [1.82, 2.24) is 24.7 Å². The van der Waals surface area contributed by atoms with Crippen LogP contribution in [0.4, 0.5) is 23.7 Å². The number of H-pyrrole nitrogens is 1. The van der Waals surface area contributed by atoms with Crippen LogP contribution in [-0.4, -0.2) is 59.2 Å². The van der Waals surface area contributed by atoms with Gasteiger partial charge >= 0.3 is 18.2 Å². The average molecular weight is 529 g/mol. The summed E-state index contributed by atoms with van der Waals surface area (Å²) in [5, 5.41) is 31.5. The third kappa shape index (κ3) is 6.25. The molecule has 1 amide bonds. The number of aromatic amines is 1. The Morgan fingerprint density at radius 3 is 2.53 bits per heavy atom. The fourth-order valence-corrected chi connectivity index (χ4v) is 3.70. The summed E-state index contributed by atoms with van der Waals surface area (Å²) in [5.41, 5.74) is 3.65. The number of carbonyl (C=O) groups is 2. The van der Waals surface area contributed by atoms with Crippen molar-refractivity contribution in [3.8, 4) is 17.3 Å². The highest BCUT2D eigenvalue weighted by molar-refractivity contribution is 5.90. The van der Waals surface area contributed by atoms with Gasteiger partial charge in [0, 0.05) is 35.1 Å². The predicted molar refractivity (Wildman–Crippen MR) is 129 cm³/mol. The van der Waals surface area contributed by atoms with Gasteiger partial charge in [-0.2, -0.15) is 23.5 Å². The molecular weight excluding hydrogens is 507 g/mol. The van der Waals surface area contributed by atoms with Gasteiger partial charge < -0.3 is 15.2 Å². The van der Waals surface area contributed by atoms with Crippen molar-refractivity contribution in [2.45, 2.75) is 38.5 Å². The maximum absolute atomic E-state index is 11.7. The lowest BCUT2D eigenvalue weighted by Crippen LogP contribution is -2.35. The molecule has 11 nitrogen and oxygen atoms in total. The number of rotatable bonds is 6. The van der Waals surface area contributed by atoms with Gasteiger partial charge in [-0.05, 0) is 37.6 Å². The van der Waals surface area contributed by atoms with Crippen molar-refractivity contribution in [2.24, 2.45) is 0 Å². The van der Waals surface area contributed by atoms with Crippen LogP contribution in [0.2, 0.25) is 0 Å². The first-order chi connectivity index (χ1) is 17.9. The van der Waals surface area contributed by atoms with E-state index in [1.54, 1.807) is 35.3 Å². The van der Waals surface area contributed by atoms with Gasteiger partial charge in [-0.15, -0.1) is 0 Å². The van der Waals surface area contributed by atoms with E-state index in [0.717, 1.165) is 27.9 Å². The minimum Gasteiger partial charge on any atom is -0.475 e. The Bertz CT molecular complexity index is 1470. The first-order valence-electron chi connectivity index (χ1n) is 11.1. The molecule has 0 saturated heterocycles. The normalized spacial score (nSPS) is 11.9.